The minimum atomic E-state index is -0.115. The third-order valence-corrected chi connectivity index (χ3v) is 5.53. The number of fused-ring (bicyclic) bond motifs is 1. The molecule has 1 atom stereocenters. The van der Waals surface area contributed by atoms with Gasteiger partial charge in [0.1, 0.15) is 11.6 Å². The number of amides is 1. The number of ether oxygens (including phenoxy) is 1. The average molecular weight is 412 g/mol. The summed E-state index contributed by atoms with van der Waals surface area (Å²) in [6, 6.07) is 7.91. The van der Waals surface area contributed by atoms with E-state index in [1.165, 1.54) is 0 Å². The van der Waals surface area contributed by atoms with Gasteiger partial charge in [0.15, 0.2) is 5.82 Å². The molecule has 1 aliphatic rings. The number of para-hydroxylation sites is 1. The Morgan fingerprint density at radius 3 is 2.77 bits per heavy atom. The third kappa shape index (κ3) is 5.27. The second-order valence-electron chi connectivity index (χ2n) is 7.96. The van der Waals surface area contributed by atoms with Gasteiger partial charge in [-0.15, -0.1) is 10.2 Å². The first-order chi connectivity index (χ1) is 14.5. The number of benzene rings is 1. The van der Waals surface area contributed by atoms with Crippen LogP contribution in [0.4, 0.5) is 0 Å². The molecular weight excluding hydrogens is 378 g/mol. The lowest BCUT2D eigenvalue weighted by Gasteiger charge is -2.23. The first kappa shape index (κ1) is 22.0. The monoisotopic (exact) mass is 411 g/mol. The molecule has 0 saturated heterocycles. The van der Waals surface area contributed by atoms with E-state index in [9.17, 15) is 4.79 Å². The summed E-state index contributed by atoms with van der Waals surface area (Å²) >= 11 is 0. The Balaban J connectivity index is 1.66. The molecule has 1 aliphatic heterocycles. The van der Waals surface area contributed by atoms with Crippen LogP contribution in [0.5, 0.6) is 5.75 Å². The van der Waals surface area contributed by atoms with E-state index < -0.39 is 0 Å². The number of carbonyl (C=O) groups excluding carboxylic acids is 1. The first-order valence-corrected chi connectivity index (χ1v) is 10.8. The van der Waals surface area contributed by atoms with Gasteiger partial charge < -0.3 is 14.6 Å². The standard InChI is InChI=1S/C23H33N5O2/c1-5-21(29)24-22(17(2)3)23-26-25-20-12-14-27(15-16-28(20)23)13-8-10-18-9-6-7-11-19(18)30-4/h6-11,17,22H,5,12-16H2,1-4H3,(H,24,29)/b10-8+. The highest BCUT2D eigenvalue weighted by Crippen LogP contribution is 2.23. The molecule has 3 rings (SSSR count). The Kier molecular flexibility index (Phi) is 7.63. The number of nitrogens with zero attached hydrogens (tertiary/aromatic N) is 4. The molecule has 1 amide bonds. The zero-order valence-electron chi connectivity index (χ0n) is 18.5. The smallest absolute Gasteiger partial charge is 0.220 e. The van der Waals surface area contributed by atoms with Crippen molar-refractivity contribution in [2.24, 2.45) is 5.92 Å². The summed E-state index contributed by atoms with van der Waals surface area (Å²) in [6.45, 7) is 9.62. The van der Waals surface area contributed by atoms with E-state index in [0.717, 1.165) is 55.6 Å². The lowest BCUT2D eigenvalue weighted by molar-refractivity contribution is -0.121. The molecule has 0 bridgehead atoms. The Hall–Kier alpha value is -2.67. The van der Waals surface area contributed by atoms with Gasteiger partial charge in [0.2, 0.25) is 5.91 Å². The molecule has 162 valence electrons. The predicted molar refractivity (Wildman–Crippen MR) is 118 cm³/mol. The second kappa shape index (κ2) is 10.4. The summed E-state index contributed by atoms with van der Waals surface area (Å²) in [4.78, 5) is 14.4. The van der Waals surface area contributed by atoms with Crippen LogP contribution in [0.15, 0.2) is 30.3 Å². The summed E-state index contributed by atoms with van der Waals surface area (Å²) in [7, 11) is 1.70. The highest BCUT2D eigenvalue weighted by Gasteiger charge is 2.26. The normalized spacial score (nSPS) is 15.8. The number of nitrogens with one attached hydrogen (secondary N) is 1. The molecule has 1 aromatic carbocycles. The van der Waals surface area contributed by atoms with Crippen LogP contribution in [0.3, 0.4) is 0 Å². The van der Waals surface area contributed by atoms with Crippen molar-refractivity contribution in [1.29, 1.82) is 0 Å². The molecule has 7 nitrogen and oxygen atoms in total. The molecule has 0 radical (unpaired) electrons. The van der Waals surface area contributed by atoms with Gasteiger partial charge in [-0.1, -0.05) is 51.1 Å². The summed E-state index contributed by atoms with van der Waals surface area (Å²) < 4.78 is 7.62. The van der Waals surface area contributed by atoms with Crippen molar-refractivity contribution in [2.45, 2.75) is 46.2 Å². The minimum absolute atomic E-state index is 0.0442. The van der Waals surface area contributed by atoms with Crippen LogP contribution in [-0.2, 0) is 17.8 Å². The van der Waals surface area contributed by atoms with Gasteiger partial charge >= 0.3 is 0 Å². The van der Waals surface area contributed by atoms with E-state index >= 15 is 0 Å². The van der Waals surface area contributed by atoms with Gasteiger partial charge in [-0.25, -0.2) is 0 Å². The van der Waals surface area contributed by atoms with Crippen LogP contribution in [0, 0.1) is 5.92 Å². The minimum Gasteiger partial charge on any atom is -0.496 e. The van der Waals surface area contributed by atoms with E-state index in [0.29, 0.717) is 6.42 Å². The van der Waals surface area contributed by atoms with Crippen molar-refractivity contribution in [3.63, 3.8) is 0 Å². The lowest BCUT2D eigenvalue weighted by Crippen LogP contribution is -2.34. The fourth-order valence-corrected chi connectivity index (χ4v) is 3.74. The molecule has 7 heteroatoms. The van der Waals surface area contributed by atoms with Crippen molar-refractivity contribution >= 4 is 12.0 Å². The van der Waals surface area contributed by atoms with Crippen molar-refractivity contribution in [3.8, 4) is 5.75 Å². The van der Waals surface area contributed by atoms with E-state index in [1.54, 1.807) is 7.11 Å². The number of rotatable bonds is 8. The van der Waals surface area contributed by atoms with E-state index in [-0.39, 0.29) is 17.9 Å². The fraction of sp³-hybridized carbons (Fsp3) is 0.522. The molecule has 1 N–H and O–H groups in total. The number of methoxy groups -OCH3 is 1. The number of aromatic nitrogens is 3. The maximum absolute atomic E-state index is 12.0. The quantitative estimate of drug-likeness (QED) is 0.723. The Morgan fingerprint density at radius 2 is 2.03 bits per heavy atom. The number of carbonyl (C=O) groups is 1. The van der Waals surface area contributed by atoms with Crippen LogP contribution >= 0.6 is 0 Å². The van der Waals surface area contributed by atoms with Crippen molar-refractivity contribution < 1.29 is 9.53 Å². The van der Waals surface area contributed by atoms with Gasteiger partial charge in [0.25, 0.3) is 0 Å². The van der Waals surface area contributed by atoms with Crippen LogP contribution in [0.2, 0.25) is 0 Å². The molecule has 1 unspecified atom stereocenters. The molecule has 0 aliphatic carbocycles. The molecule has 0 fully saturated rings. The van der Waals surface area contributed by atoms with E-state index in [4.69, 9.17) is 4.74 Å². The van der Waals surface area contributed by atoms with Crippen LogP contribution in [0.25, 0.3) is 6.08 Å². The van der Waals surface area contributed by atoms with Gasteiger partial charge in [0, 0.05) is 44.6 Å². The molecule has 2 aromatic rings. The topological polar surface area (TPSA) is 72.3 Å². The zero-order valence-corrected chi connectivity index (χ0v) is 18.5. The highest BCUT2D eigenvalue weighted by molar-refractivity contribution is 5.75. The molecule has 0 saturated carbocycles. The largest absolute Gasteiger partial charge is 0.496 e. The Morgan fingerprint density at radius 1 is 1.23 bits per heavy atom. The van der Waals surface area contributed by atoms with Crippen molar-refractivity contribution in [2.75, 3.05) is 26.7 Å². The molecule has 1 aromatic heterocycles. The third-order valence-electron chi connectivity index (χ3n) is 5.53. The first-order valence-electron chi connectivity index (χ1n) is 10.8. The summed E-state index contributed by atoms with van der Waals surface area (Å²) in [6.07, 6.45) is 5.62. The van der Waals surface area contributed by atoms with Gasteiger partial charge in [-0.2, -0.15) is 0 Å². The zero-order chi connectivity index (χ0) is 21.5. The van der Waals surface area contributed by atoms with Gasteiger partial charge in [0.05, 0.1) is 13.2 Å². The Bertz CT molecular complexity index is 874. The van der Waals surface area contributed by atoms with Gasteiger partial charge in [-0.3, -0.25) is 9.69 Å². The van der Waals surface area contributed by atoms with Gasteiger partial charge in [-0.05, 0) is 12.0 Å². The predicted octanol–water partition coefficient (Wildman–Crippen LogP) is 3.08. The van der Waals surface area contributed by atoms with Crippen LogP contribution in [0.1, 0.15) is 50.4 Å². The average Bonchev–Trinajstić information content (AvgIpc) is 3.04. The lowest BCUT2D eigenvalue weighted by atomic mass is 10.0. The molecule has 2 heterocycles. The Labute approximate surface area is 179 Å². The maximum Gasteiger partial charge on any atom is 0.220 e. The number of hydrogen-bond donors (Lipinski definition) is 1. The maximum atomic E-state index is 12.0. The van der Waals surface area contributed by atoms with Crippen LogP contribution < -0.4 is 10.1 Å². The summed E-state index contributed by atoms with van der Waals surface area (Å²) in [5.74, 6) is 3.04. The highest BCUT2D eigenvalue weighted by atomic mass is 16.5. The van der Waals surface area contributed by atoms with Crippen LogP contribution in [-0.4, -0.2) is 52.3 Å². The molecule has 0 spiro atoms. The van der Waals surface area contributed by atoms with Crippen molar-refractivity contribution in [3.05, 3.63) is 47.6 Å². The molecular formula is C23H33N5O2. The summed E-state index contributed by atoms with van der Waals surface area (Å²) in [5, 5.41) is 12.0. The number of hydrogen-bond acceptors (Lipinski definition) is 5. The SMILES string of the molecule is CCC(=O)NC(c1nnc2n1CCN(C/C=C/c1ccccc1OC)CC2)C(C)C. The molecule has 30 heavy (non-hydrogen) atoms. The van der Waals surface area contributed by atoms with E-state index in [1.807, 2.05) is 25.1 Å². The van der Waals surface area contributed by atoms with E-state index in [2.05, 4.69) is 57.0 Å². The second-order valence-corrected chi connectivity index (χ2v) is 7.96. The van der Waals surface area contributed by atoms with Crippen molar-refractivity contribution in [1.82, 2.24) is 25.0 Å². The fourth-order valence-electron chi connectivity index (χ4n) is 3.74. The summed E-state index contributed by atoms with van der Waals surface area (Å²) in [5.41, 5.74) is 1.08.